The van der Waals surface area contributed by atoms with Crippen molar-refractivity contribution in [3.63, 3.8) is 0 Å². The van der Waals surface area contributed by atoms with Gasteiger partial charge in [-0.3, -0.25) is 0 Å². The summed E-state index contributed by atoms with van der Waals surface area (Å²) in [5.74, 6) is -0.133. The van der Waals surface area contributed by atoms with E-state index in [9.17, 15) is 9.90 Å². The van der Waals surface area contributed by atoms with Gasteiger partial charge in [-0.2, -0.15) is 4.52 Å². The van der Waals surface area contributed by atoms with E-state index in [1.54, 1.807) is 16.6 Å². The number of aryl methyl sites for hydroxylation is 1. The first-order valence-corrected chi connectivity index (χ1v) is 5.85. The third-order valence-electron chi connectivity index (χ3n) is 2.72. The molecule has 0 amide bonds. The van der Waals surface area contributed by atoms with Crippen molar-refractivity contribution in [2.75, 3.05) is 11.9 Å². The molecule has 0 aliphatic heterocycles. The molecule has 2 heterocycles. The predicted octanol–water partition coefficient (Wildman–Crippen LogP) is -0.0658. The molecule has 0 fully saturated rings. The predicted molar refractivity (Wildman–Crippen MR) is 66.9 cm³/mol. The molecule has 1 atom stereocenters. The molecular formula is C11H15N5O3. The number of carboxylic acids is 1. The van der Waals surface area contributed by atoms with Crippen molar-refractivity contribution in [2.45, 2.75) is 25.9 Å². The van der Waals surface area contributed by atoms with E-state index in [2.05, 4.69) is 20.6 Å². The molecule has 0 radical (unpaired) electrons. The molecule has 3 N–H and O–H groups in total. The van der Waals surface area contributed by atoms with Gasteiger partial charge in [-0.25, -0.2) is 4.79 Å². The standard InChI is InChI=1S/C11H15N5O3/c1-3-8-13-14-9-5-4-7(15-16(8)9)12-6-11(2,19)10(17)18/h4-5,19H,3,6H2,1-2H3,(H,12,15)(H,17,18). The maximum Gasteiger partial charge on any atom is 0.337 e. The summed E-state index contributed by atoms with van der Waals surface area (Å²) in [5.41, 5.74) is -1.23. The average Bonchev–Trinajstić information content (AvgIpc) is 2.78. The highest BCUT2D eigenvalue weighted by Crippen LogP contribution is 2.10. The van der Waals surface area contributed by atoms with E-state index in [1.807, 2.05) is 6.92 Å². The molecular weight excluding hydrogens is 250 g/mol. The number of nitrogens with zero attached hydrogens (tertiary/aromatic N) is 4. The molecule has 0 aromatic carbocycles. The maximum absolute atomic E-state index is 10.8. The second-order valence-electron chi connectivity index (χ2n) is 4.39. The number of fused-ring (bicyclic) bond motifs is 1. The summed E-state index contributed by atoms with van der Waals surface area (Å²) in [7, 11) is 0. The number of hydrogen-bond acceptors (Lipinski definition) is 6. The van der Waals surface area contributed by atoms with Crippen molar-refractivity contribution in [1.82, 2.24) is 19.8 Å². The zero-order valence-electron chi connectivity index (χ0n) is 10.7. The number of aromatic nitrogens is 4. The summed E-state index contributed by atoms with van der Waals surface area (Å²) in [4.78, 5) is 10.8. The van der Waals surface area contributed by atoms with Gasteiger partial charge in [0.15, 0.2) is 17.1 Å². The smallest absolute Gasteiger partial charge is 0.337 e. The van der Waals surface area contributed by atoms with Crippen LogP contribution in [0.3, 0.4) is 0 Å². The van der Waals surface area contributed by atoms with E-state index in [1.165, 1.54) is 6.92 Å². The molecule has 8 nitrogen and oxygen atoms in total. The summed E-state index contributed by atoms with van der Waals surface area (Å²) >= 11 is 0. The SMILES string of the molecule is CCc1nnc2ccc(NCC(C)(O)C(=O)O)nn12. The first kappa shape index (κ1) is 13.2. The molecule has 102 valence electrons. The molecule has 2 aromatic rings. The Balaban J connectivity index is 2.19. The third kappa shape index (κ3) is 2.63. The van der Waals surface area contributed by atoms with Crippen molar-refractivity contribution < 1.29 is 15.0 Å². The maximum atomic E-state index is 10.8. The Labute approximate surface area is 109 Å². The van der Waals surface area contributed by atoms with Crippen molar-refractivity contribution in [3.8, 4) is 0 Å². The minimum atomic E-state index is -1.85. The number of carbonyl (C=O) groups is 1. The number of hydrogen-bond donors (Lipinski definition) is 3. The van der Waals surface area contributed by atoms with Gasteiger partial charge < -0.3 is 15.5 Å². The number of aliphatic hydroxyl groups is 1. The van der Waals surface area contributed by atoms with Crippen LogP contribution in [0.2, 0.25) is 0 Å². The van der Waals surface area contributed by atoms with Gasteiger partial charge in [-0.15, -0.1) is 15.3 Å². The minimum Gasteiger partial charge on any atom is -0.479 e. The van der Waals surface area contributed by atoms with Crippen LogP contribution in [0.25, 0.3) is 5.65 Å². The molecule has 0 saturated heterocycles. The van der Waals surface area contributed by atoms with E-state index in [0.717, 1.165) is 0 Å². The number of anilines is 1. The van der Waals surface area contributed by atoms with E-state index < -0.39 is 11.6 Å². The third-order valence-corrected chi connectivity index (χ3v) is 2.72. The highest BCUT2D eigenvalue weighted by Gasteiger charge is 2.29. The van der Waals surface area contributed by atoms with E-state index >= 15 is 0 Å². The normalized spacial score (nSPS) is 14.3. The molecule has 0 saturated carbocycles. The fourth-order valence-corrected chi connectivity index (χ4v) is 1.49. The second-order valence-corrected chi connectivity index (χ2v) is 4.39. The van der Waals surface area contributed by atoms with Crippen LogP contribution < -0.4 is 5.32 Å². The molecule has 0 aliphatic carbocycles. The Morgan fingerprint density at radius 3 is 2.84 bits per heavy atom. The summed E-state index contributed by atoms with van der Waals surface area (Å²) in [6, 6.07) is 3.37. The van der Waals surface area contributed by atoms with Crippen LogP contribution in [0.4, 0.5) is 5.82 Å². The molecule has 8 heteroatoms. The quantitative estimate of drug-likeness (QED) is 0.693. The lowest BCUT2D eigenvalue weighted by molar-refractivity contribution is -0.155. The monoisotopic (exact) mass is 265 g/mol. The Kier molecular flexibility index (Phi) is 3.34. The van der Waals surface area contributed by atoms with Gasteiger partial charge in [0.25, 0.3) is 0 Å². The van der Waals surface area contributed by atoms with Gasteiger partial charge in [-0.05, 0) is 19.1 Å². The highest BCUT2D eigenvalue weighted by atomic mass is 16.4. The van der Waals surface area contributed by atoms with Crippen molar-refractivity contribution in [1.29, 1.82) is 0 Å². The van der Waals surface area contributed by atoms with Gasteiger partial charge in [-0.1, -0.05) is 6.92 Å². The summed E-state index contributed by atoms with van der Waals surface area (Å²) in [5, 5.41) is 33.4. The lowest BCUT2D eigenvalue weighted by Gasteiger charge is -2.18. The molecule has 0 bridgehead atoms. The van der Waals surface area contributed by atoms with Gasteiger partial charge in [0, 0.05) is 6.42 Å². The number of aliphatic carboxylic acids is 1. The van der Waals surface area contributed by atoms with Gasteiger partial charge in [0.2, 0.25) is 0 Å². The number of rotatable bonds is 5. The minimum absolute atomic E-state index is 0.148. The zero-order chi connectivity index (χ0) is 14.0. The van der Waals surface area contributed by atoms with Crippen molar-refractivity contribution >= 4 is 17.4 Å². The molecule has 1 unspecified atom stereocenters. The van der Waals surface area contributed by atoms with Crippen molar-refractivity contribution in [3.05, 3.63) is 18.0 Å². The molecule has 0 spiro atoms. The summed E-state index contributed by atoms with van der Waals surface area (Å²) in [6.07, 6.45) is 0.685. The lowest BCUT2D eigenvalue weighted by Crippen LogP contribution is -2.42. The topological polar surface area (TPSA) is 113 Å². The Morgan fingerprint density at radius 1 is 1.47 bits per heavy atom. The van der Waals surface area contributed by atoms with Crippen LogP contribution in [0.15, 0.2) is 12.1 Å². The average molecular weight is 265 g/mol. The Hall–Kier alpha value is -2.22. The first-order valence-electron chi connectivity index (χ1n) is 5.85. The van der Waals surface area contributed by atoms with Gasteiger partial charge >= 0.3 is 5.97 Å². The summed E-state index contributed by atoms with van der Waals surface area (Å²) < 4.78 is 1.58. The largest absolute Gasteiger partial charge is 0.479 e. The first-order chi connectivity index (χ1) is 8.94. The van der Waals surface area contributed by atoms with E-state index in [0.29, 0.717) is 23.7 Å². The fraction of sp³-hybridized carbons (Fsp3) is 0.455. The lowest BCUT2D eigenvalue weighted by atomic mass is 10.1. The second kappa shape index (κ2) is 4.81. The molecule has 19 heavy (non-hydrogen) atoms. The van der Waals surface area contributed by atoms with E-state index in [-0.39, 0.29) is 6.54 Å². The van der Waals surface area contributed by atoms with Crippen LogP contribution in [0.1, 0.15) is 19.7 Å². The van der Waals surface area contributed by atoms with Crippen LogP contribution in [0.5, 0.6) is 0 Å². The Bertz CT molecular complexity index is 607. The molecule has 2 aromatic heterocycles. The van der Waals surface area contributed by atoms with Crippen molar-refractivity contribution in [2.24, 2.45) is 0 Å². The molecule has 2 rings (SSSR count). The zero-order valence-corrected chi connectivity index (χ0v) is 10.7. The summed E-state index contributed by atoms with van der Waals surface area (Å²) in [6.45, 7) is 3.01. The number of nitrogens with one attached hydrogen (secondary N) is 1. The Morgan fingerprint density at radius 2 is 2.21 bits per heavy atom. The van der Waals surface area contributed by atoms with Crippen LogP contribution >= 0.6 is 0 Å². The van der Waals surface area contributed by atoms with Crippen LogP contribution in [-0.4, -0.2) is 48.1 Å². The van der Waals surface area contributed by atoms with E-state index in [4.69, 9.17) is 5.11 Å². The fourth-order valence-electron chi connectivity index (χ4n) is 1.49. The van der Waals surface area contributed by atoms with Crippen LogP contribution in [0, 0.1) is 0 Å². The number of carboxylic acid groups (broad SMARTS) is 1. The van der Waals surface area contributed by atoms with Crippen LogP contribution in [-0.2, 0) is 11.2 Å². The van der Waals surface area contributed by atoms with Gasteiger partial charge in [0.1, 0.15) is 5.82 Å². The highest BCUT2D eigenvalue weighted by molar-refractivity contribution is 5.77. The molecule has 0 aliphatic rings. The van der Waals surface area contributed by atoms with Gasteiger partial charge in [0.05, 0.1) is 6.54 Å².